The van der Waals surface area contributed by atoms with Gasteiger partial charge in [-0.15, -0.1) is 0 Å². The van der Waals surface area contributed by atoms with Crippen LogP contribution in [0.25, 0.3) is 0 Å². The SMILES string of the molecule is C[C@@H](Cn1ccc(Br)n1)NC(=O)OC(C)(C)C. The Labute approximate surface area is 110 Å². The Balaban J connectivity index is 2.39. The largest absolute Gasteiger partial charge is 0.444 e. The molecule has 6 heteroatoms. The molecule has 1 rings (SSSR count). The van der Waals surface area contributed by atoms with Crippen molar-refractivity contribution in [2.75, 3.05) is 0 Å². The van der Waals surface area contributed by atoms with Gasteiger partial charge in [-0.25, -0.2) is 4.79 Å². The second-order valence-electron chi connectivity index (χ2n) is 4.91. The fourth-order valence-corrected chi connectivity index (χ4v) is 1.60. The highest BCUT2D eigenvalue weighted by molar-refractivity contribution is 9.10. The van der Waals surface area contributed by atoms with Crippen molar-refractivity contribution in [2.45, 2.75) is 45.9 Å². The Morgan fingerprint density at radius 2 is 2.29 bits per heavy atom. The van der Waals surface area contributed by atoms with Crippen molar-refractivity contribution in [1.82, 2.24) is 15.1 Å². The molecule has 0 aliphatic rings. The minimum Gasteiger partial charge on any atom is -0.444 e. The minimum absolute atomic E-state index is 0.0448. The van der Waals surface area contributed by atoms with Gasteiger partial charge < -0.3 is 10.1 Å². The first kappa shape index (κ1) is 14.0. The smallest absolute Gasteiger partial charge is 0.407 e. The van der Waals surface area contributed by atoms with E-state index in [4.69, 9.17) is 4.74 Å². The molecule has 1 aromatic rings. The summed E-state index contributed by atoms with van der Waals surface area (Å²) in [6.07, 6.45) is 1.44. The molecule has 0 aromatic carbocycles. The molecule has 5 nitrogen and oxygen atoms in total. The summed E-state index contributed by atoms with van der Waals surface area (Å²) < 4.78 is 7.70. The monoisotopic (exact) mass is 303 g/mol. The molecule has 1 heterocycles. The molecule has 0 spiro atoms. The van der Waals surface area contributed by atoms with Gasteiger partial charge in [-0.3, -0.25) is 4.68 Å². The van der Waals surface area contributed by atoms with Crippen LogP contribution in [0, 0.1) is 0 Å². The maximum absolute atomic E-state index is 11.5. The quantitative estimate of drug-likeness (QED) is 0.933. The second-order valence-corrected chi connectivity index (χ2v) is 5.72. The summed E-state index contributed by atoms with van der Waals surface area (Å²) in [6.45, 7) is 8.01. The van der Waals surface area contributed by atoms with Crippen molar-refractivity contribution in [3.05, 3.63) is 16.9 Å². The van der Waals surface area contributed by atoms with Crippen LogP contribution in [0.3, 0.4) is 0 Å². The lowest BCUT2D eigenvalue weighted by atomic mass is 10.2. The number of aromatic nitrogens is 2. The van der Waals surface area contributed by atoms with Gasteiger partial charge in [0, 0.05) is 12.2 Å². The van der Waals surface area contributed by atoms with Crippen molar-refractivity contribution in [3.63, 3.8) is 0 Å². The van der Waals surface area contributed by atoms with Gasteiger partial charge in [0.25, 0.3) is 0 Å². The lowest BCUT2D eigenvalue weighted by Gasteiger charge is -2.21. The van der Waals surface area contributed by atoms with Crippen LogP contribution in [-0.4, -0.2) is 27.5 Å². The zero-order valence-corrected chi connectivity index (χ0v) is 12.1. The molecule has 0 fully saturated rings. The molecule has 0 aliphatic heterocycles. The van der Waals surface area contributed by atoms with Crippen molar-refractivity contribution >= 4 is 22.0 Å². The lowest BCUT2D eigenvalue weighted by molar-refractivity contribution is 0.0503. The molecular formula is C11H18BrN3O2. The second kappa shape index (κ2) is 5.53. The first-order valence-electron chi connectivity index (χ1n) is 5.45. The molecule has 1 atom stereocenters. The van der Waals surface area contributed by atoms with Crippen molar-refractivity contribution in [2.24, 2.45) is 0 Å². The van der Waals surface area contributed by atoms with Crippen LogP contribution in [0.15, 0.2) is 16.9 Å². The number of nitrogens with zero attached hydrogens (tertiary/aromatic N) is 2. The number of ether oxygens (including phenoxy) is 1. The molecule has 1 N–H and O–H groups in total. The molecule has 1 aromatic heterocycles. The Morgan fingerprint density at radius 3 is 2.76 bits per heavy atom. The summed E-state index contributed by atoms with van der Waals surface area (Å²) in [5.74, 6) is 0. The number of carbonyl (C=O) groups excluding carboxylic acids is 1. The zero-order chi connectivity index (χ0) is 13.1. The lowest BCUT2D eigenvalue weighted by Crippen LogP contribution is -2.39. The van der Waals surface area contributed by atoms with E-state index in [9.17, 15) is 4.79 Å². The molecular weight excluding hydrogens is 286 g/mol. The Bertz CT molecular complexity index is 384. The van der Waals surface area contributed by atoms with Gasteiger partial charge in [0.15, 0.2) is 0 Å². The van der Waals surface area contributed by atoms with Gasteiger partial charge in [0.1, 0.15) is 10.2 Å². The standard InChI is InChI=1S/C11H18BrN3O2/c1-8(7-15-6-5-9(12)14-15)13-10(16)17-11(2,3)4/h5-6,8H,7H2,1-4H3,(H,13,16)/t8-/m0/s1. The molecule has 96 valence electrons. The van der Waals surface area contributed by atoms with E-state index in [0.717, 1.165) is 4.60 Å². The van der Waals surface area contributed by atoms with E-state index >= 15 is 0 Å². The van der Waals surface area contributed by atoms with Crippen LogP contribution < -0.4 is 5.32 Å². The molecule has 0 saturated heterocycles. The highest BCUT2D eigenvalue weighted by Crippen LogP contribution is 2.07. The fourth-order valence-electron chi connectivity index (χ4n) is 1.27. The molecule has 17 heavy (non-hydrogen) atoms. The maximum Gasteiger partial charge on any atom is 0.407 e. The van der Waals surface area contributed by atoms with Crippen molar-refractivity contribution in [1.29, 1.82) is 0 Å². The molecule has 0 aliphatic carbocycles. The molecule has 0 saturated carbocycles. The van der Waals surface area contributed by atoms with Gasteiger partial charge in [0.05, 0.1) is 6.54 Å². The first-order valence-corrected chi connectivity index (χ1v) is 6.24. The topological polar surface area (TPSA) is 56.2 Å². The third kappa shape index (κ3) is 5.72. The number of alkyl carbamates (subject to hydrolysis) is 1. The van der Waals surface area contributed by atoms with Gasteiger partial charge in [-0.05, 0) is 49.7 Å². The fraction of sp³-hybridized carbons (Fsp3) is 0.636. The summed E-state index contributed by atoms with van der Waals surface area (Å²) in [5, 5.41) is 6.93. The van der Waals surface area contributed by atoms with E-state index in [1.165, 1.54) is 0 Å². The van der Waals surface area contributed by atoms with Crippen LogP contribution in [0.5, 0.6) is 0 Å². The number of amides is 1. The summed E-state index contributed by atoms with van der Waals surface area (Å²) in [5.41, 5.74) is -0.474. The van der Waals surface area contributed by atoms with Gasteiger partial charge in [-0.1, -0.05) is 0 Å². The van der Waals surface area contributed by atoms with Gasteiger partial charge in [-0.2, -0.15) is 5.10 Å². The van der Waals surface area contributed by atoms with E-state index < -0.39 is 11.7 Å². The number of carbonyl (C=O) groups is 1. The first-order chi connectivity index (χ1) is 7.76. The molecule has 1 amide bonds. The molecule has 0 radical (unpaired) electrons. The zero-order valence-electron chi connectivity index (χ0n) is 10.5. The normalized spacial score (nSPS) is 13.2. The third-order valence-electron chi connectivity index (χ3n) is 1.83. The van der Waals surface area contributed by atoms with Gasteiger partial charge in [0.2, 0.25) is 0 Å². The highest BCUT2D eigenvalue weighted by Gasteiger charge is 2.17. The van der Waals surface area contributed by atoms with E-state index in [-0.39, 0.29) is 6.04 Å². The Morgan fingerprint density at radius 1 is 1.65 bits per heavy atom. The maximum atomic E-state index is 11.5. The summed E-state index contributed by atoms with van der Waals surface area (Å²) in [4.78, 5) is 11.5. The van der Waals surface area contributed by atoms with Gasteiger partial charge >= 0.3 is 6.09 Å². The van der Waals surface area contributed by atoms with Crippen LogP contribution in [-0.2, 0) is 11.3 Å². The Hall–Kier alpha value is -1.04. The van der Waals surface area contributed by atoms with Crippen molar-refractivity contribution in [3.8, 4) is 0 Å². The number of nitrogens with one attached hydrogen (secondary N) is 1. The van der Waals surface area contributed by atoms with Crippen LogP contribution in [0.2, 0.25) is 0 Å². The summed E-state index contributed by atoms with van der Waals surface area (Å²) in [6, 6.07) is 1.80. The highest BCUT2D eigenvalue weighted by atomic mass is 79.9. The number of hydrogen-bond acceptors (Lipinski definition) is 3. The molecule has 0 bridgehead atoms. The number of hydrogen-bond donors (Lipinski definition) is 1. The van der Waals surface area contributed by atoms with Crippen LogP contribution in [0.1, 0.15) is 27.7 Å². The van der Waals surface area contributed by atoms with E-state index in [1.54, 1.807) is 4.68 Å². The summed E-state index contributed by atoms with van der Waals surface area (Å²) >= 11 is 3.27. The summed E-state index contributed by atoms with van der Waals surface area (Å²) in [7, 11) is 0. The van der Waals surface area contributed by atoms with E-state index in [1.807, 2.05) is 40.0 Å². The predicted octanol–water partition coefficient (Wildman–Crippen LogP) is 2.56. The van der Waals surface area contributed by atoms with Crippen LogP contribution >= 0.6 is 15.9 Å². The average molecular weight is 304 g/mol. The van der Waals surface area contributed by atoms with Crippen molar-refractivity contribution < 1.29 is 9.53 Å². The number of rotatable bonds is 3. The third-order valence-corrected chi connectivity index (χ3v) is 2.26. The number of halogens is 1. The molecule has 0 unspecified atom stereocenters. The van der Waals surface area contributed by atoms with Crippen LogP contribution in [0.4, 0.5) is 4.79 Å². The Kier molecular flexibility index (Phi) is 4.56. The predicted molar refractivity (Wildman–Crippen MR) is 68.8 cm³/mol. The van der Waals surface area contributed by atoms with E-state index in [2.05, 4.69) is 26.3 Å². The minimum atomic E-state index is -0.474. The average Bonchev–Trinajstić information content (AvgIpc) is 2.46. The van der Waals surface area contributed by atoms with E-state index in [0.29, 0.717) is 6.54 Å².